The lowest BCUT2D eigenvalue weighted by molar-refractivity contribution is 0.0600. The summed E-state index contributed by atoms with van der Waals surface area (Å²) in [4.78, 5) is 22.7. The van der Waals surface area contributed by atoms with Crippen LogP contribution in [0.5, 0.6) is 5.75 Å². The van der Waals surface area contributed by atoms with Crippen molar-refractivity contribution in [3.63, 3.8) is 0 Å². The van der Waals surface area contributed by atoms with Gasteiger partial charge in [0, 0.05) is 0 Å². The van der Waals surface area contributed by atoms with Crippen molar-refractivity contribution in [1.29, 1.82) is 0 Å². The number of carboxylic acid groups (broad SMARTS) is 1. The molecule has 0 aliphatic rings. The van der Waals surface area contributed by atoms with Crippen LogP contribution < -0.4 is 4.74 Å². The Morgan fingerprint density at radius 1 is 0.917 bits per heavy atom. The summed E-state index contributed by atoms with van der Waals surface area (Å²) in [7, 11) is 1.26. The van der Waals surface area contributed by atoms with E-state index in [1.807, 2.05) is 0 Å². The fraction of sp³-hybridized carbons (Fsp3) is 0.579. The summed E-state index contributed by atoms with van der Waals surface area (Å²) < 4.78 is 10.2. The van der Waals surface area contributed by atoms with Gasteiger partial charge in [-0.05, 0) is 24.6 Å². The molecule has 0 bridgehead atoms. The first-order valence-electron chi connectivity index (χ1n) is 8.68. The van der Waals surface area contributed by atoms with E-state index in [1.54, 1.807) is 0 Å². The number of esters is 1. The molecule has 1 N–H and O–H groups in total. The maximum absolute atomic E-state index is 11.6. The Hall–Kier alpha value is -2.04. The van der Waals surface area contributed by atoms with Crippen molar-refractivity contribution in [2.24, 2.45) is 0 Å². The highest BCUT2D eigenvalue weighted by Crippen LogP contribution is 2.19. The van der Waals surface area contributed by atoms with Crippen molar-refractivity contribution in [3.8, 4) is 5.75 Å². The van der Waals surface area contributed by atoms with Crippen molar-refractivity contribution in [1.82, 2.24) is 0 Å². The van der Waals surface area contributed by atoms with Crippen LogP contribution in [0.25, 0.3) is 0 Å². The maximum Gasteiger partial charge on any atom is 0.338 e. The summed E-state index contributed by atoms with van der Waals surface area (Å²) in [5.74, 6) is -1.29. The number of methoxy groups -OCH3 is 1. The topological polar surface area (TPSA) is 72.8 Å². The van der Waals surface area contributed by atoms with E-state index in [0.717, 1.165) is 12.8 Å². The lowest BCUT2D eigenvalue weighted by atomic mass is 10.1. The first-order valence-corrected chi connectivity index (χ1v) is 8.68. The standard InChI is InChI=1S/C19H28O5/c1-3-4-5-6-7-8-9-10-11-24-17-13-15(18(20)21)12-16(14-17)19(22)23-2/h12-14H,3-11H2,1-2H3,(H,20,21). The summed E-state index contributed by atoms with van der Waals surface area (Å²) >= 11 is 0. The van der Waals surface area contributed by atoms with E-state index in [-0.39, 0.29) is 11.1 Å². The van der Waals surface area contributed by atoms with E-state index in [0.29, 0.717) is 12.4 Å². The smallest absolute Gasteiger partial charge is 0.338 e. The highest BCUT2D eigenvalue weighted by Gasteiger charge is 2.13. The van der Waals surface area contributed by atoms with Gasteiger partial charge >= 0.3 is 11.9 Å². The van der Waals surface area contributed by atoms with Gasteiger partial charge in [0.25, 0.3) is 0 Å². The van der Waals surface area contributed by atoms with E-state index in [9.17, 15) is 9.59 Å². The Bertz CT molecular complexity index is 524. The van der Waals surface area contributed by atoms with E-state index < -0.39 is 11.9 Å². The Balaban J connectivity index is 2.40. The fourth-order valence-electron chi connectivity index (χ4n) is 2.47. The second kappa shape index (κ2) is 11.5. The molecule has 0 fully saturated rings. The SMILES string of the molecule is CCCCCCCCCCOc1cc(C(=O)O)cc(C(=O)OC)c1. The van der Waals surface area contributed by atoms with Crippen molar-refractivity contribution in [3.05, 3.63) is 29.3 Å². The molecule has 1 rings (SSSR count). The van der Waals surface area contributed by atoms with Gasteiger partial charge in [-0.25, -0.2) is 9.59 Å². The minimum atomic E-state index is -1.10. The van der Waals surface area contributed by atoms with Crippen LogP contribution in [-0.4, -0.2) is 30.8 Å². The number of aromatic carboxylic acids is 1. The van der Waals surface area contributed by atoms with Crippen LogP contribution in [0.15, 0.2) is 18.2 Å². The van der Waals surface area contributed by atoms with Gasteiger partial charge in [-0.3, -0.25) is 0 Å². The van der Waals surface area contributed by atoms with Gasteiger partial charge < -0.3 is 14.6 Å². The lowest BCUT2D eigenvalue weighted by Gasteiger charge is -2.09. The lowest BCUT2D eigenvalue weighted by Crippen LogP contribution is -2.06. The van der Waals surface area contributed by atoms with Gasteiger partial charge in [0.1, 0.15) is 5.75 Å². The third-order valence-electron chi connectivity index (χ3n) is 3.84. The van der Waals surface area contributed by atoms with Gasteiger partial charge in [0.2, 0.25) is 0 Å². The van der Waals surface area contributed by atoms with Crippen LogP contribution in [0, 0.1) is 0 Å². The van der Waals surface area contributed by atoms with Crippen molar-refractivity contribution < 1.29 is 24.2 Å². The zero-order valence-electron chi connectivity index (χ0n) is 14.7. The number of carboxylic acids is 1. The van der Waals surface area contributed by atoms with E-state index >= 15 is 0 Å². The van der Waals surface area contributed by atoms with Gasteiger partial charge in [-0.15, -0.1) is 0 Å². The Morgan fingerprint density at radius 3 is 2.08 bits per heavy atom. The molecule has 5 nitrogen and oxygen atoms in total. The van der Waals surface area contributed by atoms with Crippen LogP contribution in [0.3, 0.4) is 0 Å². The number of rotatable bonds is 12. The zero-order valence-corrected chi connectivity index (χ0v) is 14.7. The number of unbranched alkanes of at least 4 members (excludes halogenated alkanes) is 7. The Morgan fingerprint density at radius 2 is 1.50 bits per heavy atom. The molecule has 0 amide bonds. The van der Waals surface area contributed by atoms with E-state index in [4.69, 9.17) is 9.84 Å². The van der Waals surface area contributed by atoms with Crippen LogP contribution in [0.1, 0.15) is 79.0 Å². The summed E-state index contributed by atoms with van der Waals surface area (Å²) in [5, 5.41) is 9.11. The summed E-state index contributed by atoms with van der Waals surface area (Å²) in [6.07, 6.45) is 9.62. The molecule has 24 heavy (non-hydrogen) atoms. The molecule has 0 radical (unpaired) electrons. The number of ether oxygens (including phenoxy) is 2. The molecular formula is C19H28O5. The molecule has 0 atom stereocenters. The molecule has 5 heteroatoms. The number of benzene rings is 1. The van der Waals surface area contributed by atoms with Crippen molar-refractivity contribution >= 4 is 11.9 Å². The average Bonchev–Trinajstić information content (AvgIpc) is 2.59. The number of hydrogen-bond donors (Lipinski definition) is 1. The molecule has 0 spiro atoms. The molecule has 0 unspecified atom stereocenters. The highest BCUT2D eigenvalue weighted by molar-refractivity contribution is 5.95. The molecule has 1 aromatic rings. The highest BCUT2D eigenvalue weighted by atomic mass is 16.5. The predicted molar refractivity (Wildman–Crippen MR) is 92.8 cm³/mol. The molecule has 0 aromatic heterocycles. The van der Waals surface area contributed by atoms with Crippen LogP contribution >= 0.6 is 0 Å². The monoisotopic (exact) mass is 336 g/mol. The van der Waals surface area contributed by atoms with Crippen molar-refractivity contribution in [2.45, 2.75) is 58.3 Å². The second-order valence-corrected chi connectivity index (χ2v) is 5.87. The molecule has 0 aliphatic heterocycles. The normalized spacial score (nSPS) is 10.4. The summed E-state index contributed by atoms with van der Waals surface area (Å²) in [5.41, 5.74) is 0.201. The number of carbonyl (C=O) groups is 2. The summed E-state index contributed by atoms with van der Waals surface area (Å²) in [6.45, 7) is 2.72. The van der Waals surface area contributed by atoms with Crippen LogP contribution in [0.2, 0.25) is 0 Å². The molecule has 134 valence electrons. The van der Waals surface area contributed by atoms with Crippen molar-refractivity contribution in [2.75, 3.05) is 13.7 Å². The molecule has 0 heterocycles. The van der Waals surface area contributed by atoms with Gasteiger partial charge in [0.15, 0.2) is 0 Å². The third kappa shape index (κ3) is 7.49. The second-order valence-electron chi connectivity index (χ2n) is 5.87. The van der Waals surface area contributed by atoms with Gasteiger partial charge in [-0.1, -0.05) is 51.9 Å². The quantitative estimate of drug-likeness (QED) is 0.443. The van der Waals surface area contributed by atoms with Gasteiger partial charge in [0.05, 0.1) is 24.8 Å². The largest absolute Gasteiger partial charge is 0.494 e. The molecule has 0 aliphatic carbocycles. The van der Waals surface area contributed by atoms with E-state index in [2.05, 4.69) is 11.7 Å². The Kier molecular flexibility index (Phi) is 9.58. The maximum atomic E-state index is 11.6. The van der Waals surface area contributed by atoms with Gasteiger partial charge in [-0.2, -0.15) is 0 Å². The van der Waals surface area contributed by atoms with Crippen LogP contribution in [-0.2, 0) is 4.74 Å². The molecule has 0 saturated heterocycles. The van der Waals surface area contributed by atoms with E-state index in [1.165, 1.54) is 63.8 Å². The average molecular weight is 336 g/mol. The first-order chi connectivity index (χ1) is 11.6. The minimum absolute atomic E-state index is 0.0174. The number of hydrogen-bond acceptors (Lipinski definition) is 4. The fourth-order valence-corrected chi connectivity index (χ4v) is 2.47. The Labute approximate surface area is 144 Å². The minimum Gasteiger partial charge on any atom is -0.494 e. The summed E-state index contributed by atoms with van der Waals surface area (Å²) in [6, 6.07) is 4.24. The molecule has 0 saturated carbocycles. The first kappa shape index (κ1) is 20.0. The molecule has 1 aromatic carbocycles. The predicted octanol–water partition coefficient (Wildman–Crippen LogP) is 4.69. The van der Waals surface area contributed by atoms with Crippen LogP contribution in [0.4, 0.5) is 0 Å². The zero-order chi connectivity index (χ0) is 17.8. The number of carbonyl (C=O) groups excluding carboxylic acids is 1. The molecular weight excluding hydrogens is 308 g/mol. The third-order valence-corrected chi connectivity index (χ3v) is 3.84.